The van der Waals surface area contributed by atoms with Gasteiger partial charge in [0.05, 0.1) is 27.6 Å². The van der Waals surface area contributed by atoms with Gasteiger partial charge in [0, 0.05) is 32.7 Å². The van der Waals surface area contributed by atoms with E-state index in [1.807, 2.05) is 12.1 Å². The third-order valence-corrected chi connectivity index (χ3v) is 11.3. The van der Waals surface area contributed by atoms with Crippen LogP contribution in [0.5, 0.6) is 0 Å². The van der Waals surface area contributed by atoms with E-state index in [-0.39, 0.29) is 0 Å². The Labute approximate surface area is 333 Å². The molecule has 0 saturated heterocycles. The van der Waals surface area contributed by atoms with Gasteiger partial charge in [-0.25, -0.2) is 9.97 Å². The second kappa shape index (κ2) is 12.8. The summed E-state index contributed by atoms with van der Waals surface area (Å²) in [5.41, 5.74) is 12.4. The molecule has 0 amide bonds. The van der Waals surface area contributed by atoms with Crippen molar-refractivity contribution >= 4 is 60.2 Å². The van der Waals surface area contributed by atoms with Gasteiger partial charge in [0.2, 0.25) is 5.95 Å². The van der Waals surface area contributed by atoms with E-state index in [9.17, 15) is 0 Å². The highest BCUT2D eigenvalue weighted by atomic mass is 15.2. The highest BCUT2D eigenvalue weighted by Gasteiger charge is 2.22. The second-order valence-electron chi connectivity index (χ2n) is 14.7. The fraction of sp³-hybridized carbons (Fsp3) is 0. The molecule has 12 aromatic rings. The first-order valence-corrected chi connectivity index (χ1v) is 19.5. The molecule has 4 heterocycles. The molecule has 0 saturated carbocycles. The van der Waals surface area contributed by atoms with E-state index in [4.69, 9.17) is 19.9 Å². The number of benzene rings is 8. The van der Waals surface area contributed by atoms with Gasteiger partial charge < -0.3 is 0 Å². The quantitative estimate of drug-likeness (QED) is 0.165. The Morgan fingerprint density at radius 2 is 0.810 bits per heavy atom. The van der Waals surface area contributed by atoms with Crippen LogP contribution in [-0.2, 0) is 0 Å². The van der Waals surface area contributed by atoms with Gasteiger partial charge in [0.25, 0.3) is 0 Å². The molecule has 0 spiro atoms. The van der Waals surface area contributed by atoms with Gasteiger partial charge in [-0.3, -0.25) is 8.97 Å². The molecule has 58 heavy (non-hydrogen) atoms. The van der Waals surface area contributed by atoms with Crippen LogP contribution in [0.2, 0.25) is 0 Å². The van der Waals surface area contributed by atoms with Gasteiger partial charge in [-0.1, -0.05) is 152 Å². The standard InChI is InChI=1S/C52H32N6/c1-3-15-33(16-4-1)35-19-13-21-37(31-35)49-54-50(38-22-14-20-36(32-38)34-17-5-2-6-18-34)56-52(55-49)58-43-27-11-9-25-41(43)48-46(58)30-29-45-47(48)39-23-7-8-24-40(39)51-53-42-26-10-12-28-44(42)57(45)51/h1-32H. The summed E-state index contributed by atoms with van der Waals surface area (Å²) >= 11 is 0. The van der Waals surface area contributed by atoms with Crippen LogP contribution in [0.15, 0.2) is 194 Å². The summed E-state index contributed by atoms with van der Waals surface area (Å²) in [5.74, 6) is 1.76. The molecule has 0 unspecified atom stereocenters. The van der Waals surface area contributed by atoms with Crippen molar-refractivity contribution in [1.29, 1.82) is 0 Å². The van der Waals surface area contributed by atoms with Crippen molar-refractivity contribution in [2.75, 3.05) is 0 Å². The molecule has 0 aliphatic heterocycles. The molecule has 0 atom stereocenters. The minimum atomic E-state index is 0.555. The molecule has 6 nitrogen and oxygen atoms in total. The molecule has 0 aliphatic carbocycles. The van der Waals surface area contributed by atoms with Crippen molar-refractivity contribution in [3.8, 4) is 51.0 Å². The highest BCUT2D eigenvalue weighted by molar-refractivity contribution is 6.29. The lowest BCUT2D eigenvalue weighted by Crippen LogP contribution is -2.06. The van der Waals surface area contributed by atoms with Crippen molar-refractivity contribution in [3.05, 3.63) is 194 Å². The van der Waals surface area contributed by atoms with Crippen LogP contribution in [0.4, 0.5) is 0 Å². The summed E-state index contributed by atoms with van der Waals surface area (Å²) in [7, 11) is 0. The smallest absolute Gasteiger partial charge is 0.238 e. The van der Waals surface area contributed by atoms with E-state index in [2.05, 4.69) is 191 Å². The van der Waals surface area contributed by atoms with E-state index in [0.717, 1.165) is 88.2 Å². The van der Waals surface area contributed by atoms with Crippen molar-refractivity contribution in [1.82, 2.24) is 28.9 Å². The summed E-state index contributed by atoms with van der Waals surface area (Å²) in [4.78, 5) is 21.0. The number of pyridine rings is 1. The Balaban J connectivity index is 1.17. The van der Waals surface area contributed by atoms with E-state index >= 15 is 0 Å². The lowest BCUT2D eigenvalue weighted by atomic mass is 10.0. The molecular weight excluding hydrogens is 709 g/mol. The van der Waals surface area contributed by atoms with Crippen molar-refractivity contribution in [2.45, 2.75) is 0 Å². The Kier molecular flexibility index (Phi) is 7.13. The highest BCUT2D eigenvalue weighted by Crippen LogP contribution is 2.42. The maximum atomic E-state index is 5.34. The topological polar surface area (TPSA) is 60.9 Å². The Hall–Kier alpha value is -7.96. The summed E-state index contributed by atoms with van der Waals surface area (Å²) in [5, 5.41) is 5.69. The zero-order chi connectivity index (χ0) is 38.2. The SMILES string of the molecule is c1ccc(-c2cccc(-c3nc(-c4cccc(-c5ccccc5)c4)nc(-n4c5ccccc5c5c6c7ccccc7c7nc8ccccc8n7c6ccc54)n3)c2)cc1. The van der Waals surface area contributed by atoms with E-state index in [0.29, 0.717) is 17.6 Å². The zero-order valence-electron chi connectivity index (χ0n) is 31.2. The number of para-hydroxylation sites is 3. The summed E-state index contributed by atoms with van der Waals surface area (Å²) in [6.45, 7) is 0. The van der Waals surface area contributed by atoms with E-state index in [1.54, 1.807) is 0 Å². The third kappa shape index (κ3) is 4.98. The summed E-state index contributed by atoms with van der Waals surface area (Å²) in [6, 6.07) is 67.9. The van der Waals surface area contributed by atoms with Crippen LogP contribution in [0, 0.1) is 0 Å². The maximum absolute atomic E-state index is 5.34. The largest absolute Gasteiger partial charge is 0.292 e. The van der Waals surface area contributed by atoms with Crippen LogP contribution in [-0.4, -0.2) is 28.9 Å². The first-order chi connectivity index (χ1) is 28.8. The third-order valence-electron chi connectivity index (χ3n) is 11.3. The average molecular weight is 741 g/mol. The monoisotopic (exact) mass is 740 g/mol. The average Bonchev–Trinajstić information content (AvgIpc) is 3.86. The number of nitrogens with zero attached hydrogens (tertiary/aromatic N) is 6. The minimum Gasteiger partial charge on any atom is -0.292 e. The summed E-state index contributed by atoms with van der Waals surface area (Å²) < 4.78 is 4.53. The molecule has 4 aromatic heterocycles. The van der Waals surface area contributed by atoms with Gasteiger partial charge in [0.15, 0.2) is 11.6 Å². The van der Waals surface area contributed by atoms with Crippen LogP contribution in [0.3, 0.4) is 0 Å². The van der Waals surface area contributed by atoms with E-state index < -0.39 is 0 Å². The Morgan fingerprint density at radius 1 is 0.310 bits per heavy atom. The molecule has 0 bridgehead atoms. The van der Waals surface area contributed by atoms with E-state index in [1.165, 1.54) is 5.39 Å². The first kappa shape index (κ1) is 32.3. The minimum absolute atomic E-state index is 0.555. The molecule has 0 aliphatic rings. The molecular formula is C52H32N6. The first-order valence-electron chi connectivity index (χ1n) is 19.5. The van der Waals surface area contributed by atoms with Crippen LogP contribution < -0.4 is 0 Å². The fourth-order valence-electron chi connectivity index (χ4n) is 8.73. The molecule has 0 radical (unpaired) electrons. The molecule has 270 valence electrons. The molecule has 0 fully saturated rings. The van der Waals surface area contributed by atoms with Gasteiger partial charge >= 0.3 is 0 Å². The lowest BCUT2D eigenvalue weighted by molar-refractivity contribution is 0.953. The van der Waals surface area contributed by atoms with Crippen LogP contribution in [0.25, 0.3) is 111 Å². The Morgan fingerprint density at radius 3 is 1.48 bits per heavy atom. The van der Waals surface area contributed by atoms with Crippen molar-refractivity contribution < 1.29 is 0 Å². The summed E-state index contributed by atoms with van der Waals surface area (Å²) in [6.07, 6.45) is 0. The Bertz CT molecular complexity index is 3470. The molecule has 12 rings (SSSR count). The number of imidazole rings is 1. The van der Waals surface area contributed by atoms with Crippen LogP contribution >= 0.6 is 0 Å². The predicted octanol–water partition coefficient (Wildman–Crippen LogP) is 12.7. The van der Waals surface area contributed by atoms with Crippen LogP contribution in [0.1, 0.15) is 0 Å². The number of rotatable bonds is 5. The zero-order valence-corrected chi connectivity index (χ0v) is 31.2. The number of hydrogen-bond donors (Lipinski definition) is 0. The van der Waals surface area contributed by atoms with Crippen molar-refractivity contribution in [3.63, 3.8) is 0 Å². The molecule has 8 aromatic carbocycles. The van der Waals surface area contributed by atoms with Gasteiger partial charge in [-0.2, -0.15) is 9.97 Å². The molecule has 0 N–H and O–H groups in total. The normalized spacial score (nSPS) is 11.8. The van der Waals surface area contributed by atoms with Gasteiger partial charge in [-0.15, -0.1) is 0 Å². The second-order valence-corrected chi connectivity index (χ2v) is 14.7. The van der Waals surface area contributed by atoms with Crippen molar-refractivity contribution in [2.24, 2.45) is 0 Å². The molecule has 6 heteroatoms. The maximum Gasteiger partial charge on any atom is 0.238 e. The fourth-order valence-corrected chi connectivity index (χ4v) is 8.73. The number of hydrogen-bond acceptors (Lipinski definition) is 4. The van der Waals surface area contributed by atoms with Gasteiger partial charge in [-0.05, 0) is 70.1 Å². The predicted molar refractivity (Wildman–Crippen MR) is 237 cm³/mol. The number of aromatic nitrogens is 6. The van der Waals surface area contributed by atoms with Gasteiger partial charge in [0.1, 0.15) is 5.65 Å². The lowest BCUT2D eigenvalue weighted by Gasteiger charge is -2.13. The number of fused-ring (bicyclic) bond motifs is 12.